The lowest BCUT2D eigenvalue weighted by molar-refractivity contribution is -0.134. The van der Waals surface area contributed by atoms with E-state index >= 15 is 0 Å². The predicted octanol–water partition coefficient (Wildman–Crippen LogP) is 3.23. The Balaban J connectivity index is 0. The Bertz CT molecular complexity index is 213. The summed E-state index contributed by atoms with van der Waals surface area (Å²) in [6, 6.07) is 0. The van der Waals surface area contributed by atoms with E-state index in [2.05, 4.69) is 27.4 Å². The lowest BCUT2D eigenvalue weighted by Crippen LogP contribution is -2.29. The maximum absolute atomic E-state index is 9.77. The number of rotatable bonds is 5. The molecule has 0 fully saturated rings. The van der Waals surface area contributed by atoms with Crippen LogP contribution in [0.25, 0.3) is 0 Å². The molecule has 0 heterocycles. The van der Waals surface area contributed by atoms with Crippen molar-refractivity contribution in [2.75, 3.05) is 0 Å². The summed E-state index contributed by atoms with van der Waals surface area (Å²) in [4.78, 5) is 9.00. The molecule has 0 amide bonds. The molecule has 0 aliphatic carbocycles. The first kappa shape index (κ1) is 17.6. The van der Waals surface area contributed by atoms with Gasteiger partial charge in [-0.2, -0.15) is 0 Å². The fraction of sp³-hybridized carbons (Fsp3) is 0.769. The SMILES string of the molecule is C=CC(C)(O)CC(C)(C)CCC.CC(=O)O. The van der Waals surface area contributed by atoms with Gasteiger partial charge >= 0.3 is 0 Å². The van der Waals surface area contributed by atoms with Crippen LogP contribution in [0.15, 0.2) is 12.7 Å². The molecular weight excluding hydrogens is 204 g/mol. The molecule has 2 N–H and O–H groups in total. The van der Waals surface area contributed by atoms with Gasteiger partial charge in [0.1, 0.15) is 0 Å². The van der Waals surface area contributed by atoms with Crippen molar-refractivity contribution in [1.82, 2.24) is 0 Å². The zero-order valence-electron chi connectivity index (χ0n) is 11.2. The van der Waals surface area contributed by atoms with Crippen LogP contribution in [0.1, 0.15) is 53.9 Å². The van der Waals surface area contributed by atoms with E-state index in [1.54, 1.807) is 6.08 Å². The van der Waals surface area contributed by atoms with Crippen LogP contribution >= 0.6 is 0 Å². The van der Waals surface area contributed by atoms with Gasteiger partial charge in [-0.25, -0.2) is 0 Å². The number of carboxylic acids is 1. The molecule has 0 saturated heterocycles. The van der Waals surface area contributed by atoms with Crippen molar-refractivity contribution >= 4 is 5.97 Å². The van der Waals surface area contributed by atoms with Gasteiger partial charge in [0, 0.05) is 6.92 Å². The molecule has 96 valence electrons. The summed E-state index contributed by atoms with van der Waals surface area (Å²) in [5.41, 5.74) is -0.495. The van der Waals surface area contributed by atoms with Crippen LogP contribution in [0, 0.1) is 5.41 Å². The van der Waals surface area contributed by atoms with Crippen LogP contribution in [0.4, 0.5) is 0 Å². The highest BCUT2D eigenvalue weighted by Crippen LogP contribution is 2.32. The monoisotopic (exact) mass is 230 g/mol. The van der Waals surface area contributed by atoms with Crippen molar-refractivity contribution in [3.63, 3.8) is 0 Å². The standard InChI is InChI=1S/C11H22O.C2H4O2/c1-6-8-10(3,4)9-11(5,12)7-2;1-2(3)4/h7,12H,2,6,8-9H2,1,3-5H3;1H3,(H,3,4). The third-order valence-corrected chi connectivity index (χ3v) is 2.20. The third-order valence-electron chi connectivity index (χ3n) is 2.20. The van der Waals surface area contributed by atoms with E-state index in [4.69, 9.17) is 9.90 Å². The molecule has 0 saturated carbocycles. The van der Waals surface area contributed by atoms with Crippen LogP contribution in [-0.4, -0.2) is 21.8 Å². The smallest absolute Gasteiger partial charge is 0.300 e. The van der Waals surface area contributed by atoms with E-state index in [0.717, 1.165) is 19.8 Å². The summed E-state index contributed by atoms with van der Waals surface area (Å²) >= 11 is 0. The Morgan fingerprint density at radius 2 is 1.75 bits per heavy atom. The van der Waals surface area contributed by atoms with Gasteiger partial charge in [0.2, 0.25) is 0 Å². The molecule has 0 bridgehead atoms. The second-order valence-electron chi connectivity index (χ2n) is 5.17. The molecule has 0 aliphatic heterocycles. The number of carboxylic acid groups (broad SMARTS) is 1. The zero-order chi connectivity index (χ0) is 13.4. The number of aliphatic carboxylic acids is 1. The van der Waals surface area contributed by atoms with Crippen LogP contribution in [-0.2, 0) is 4.79 Å². The van der Waals surface area contributed by atoms with Gasteiger partial charge in [-0.15, -0.1) is 6.58 Å². The second kappa shape index (κ2) is 7.44. The second-order valence-corrected chi connectivity index (χ2v) is 5.17. The Morgan fingerprint density at radius 1 is 1.38 bits per heavy atom. The lowest BCUT2D eigenvalue weighted by atomic mass is 9.78. The van der Waals surface area contributed by atoms with Crippen molar-refractivity contribution in [1.29, 1.82) is 0 Å². The molecule has 3 nitrogen and oxygen atoms in total. The first-order valence-electron chi connectivity index (χ1n) is 5.62. The maximum atomic E-state index is 9.77. The van der Waals surface area contributed by atoms with Gasteiger partial charge in [-0.3, -0.25) is 4.79 Å². The summed E-state index contributed by atoms with van der Waals surface area (Å²) in [7, 11) is 0. The van der Waals surface area contributed by atoms with E-state index in [9.17, 15) is 5.11 Å². The zero-order valence-corrected chi connectivity index (χ0v) is 11.2. The van der Waals surface area contributed by atoms with Crippen LogP contribution in [0.3, 0.4) is 0 Å². The Kier molecular flexibility index (Phi) is 8.17. The van der Waals surface area contributed by atoms with Gasteiger partial charge in [0.25, 0.3) is 5.97 Å². The van der Waals surface area contributed by atoms with E-state index in [-0.39, 0.29) is 5.41 Å². The molecule has 1 atom stereocenters. The van der Waals surface area contributed by atoms with Crippen molar-refractivity contribution in [2.45, 2.75) is 59.5 Å². The first-order valence-corrected chi connectivity index (χ1v) is 5.62. The van der Waals surface area contributed by atoms with Crippen molar-refractivity contribution in [3.8, 4) is 0 Å². The van der Waals surface area contributed by atoms with E-state index in [1.807, 2.05) is 6.92 Å². The average Bonchev–Trinajstić information content (AvgIpc) is 2.00. The van der Waals surface area contributed by atoms with Gasteiger partial charge in [0.05, 0.1) is 5.60 Å². The van der Waals surface area contributed by atoms with E-state index in [0.29, 0.717) is 0 Å². The predicted molar refractivity (Wildman–Crippen MR) is 67.4 cm³/mol. The van der Waals surface area contributed by atoms with Gasteiger partial charge in [-0.05, 0) is 25.2 Å². The lowest BCUT2D eigenvalue weighted by Gasteiger charge is -2.31. The molecule has 0 aromatic carbocycles. The number of carbonyl (C=O) groups is 1. The fourth-order valence-electron chi connectivity index (χ4n) is 1.81. The molecule has 3 heteroatoms. The van der Waals surface area contributed by atoms with Crippen LogP contribution in [0.2, 0.25) is 0 Å². The minimum absolute atomic E-state index is 0.215. The molecule has 0 aliphatic rings. The molecular formula is C13H26O3. The normalized spacial score (nSPS) is 14.4. The van der Waals surface area contributed by atoms with Crippen LogP contribution in [0.5, 0.6) is 0 Å². The highest BCUT2D eigenvalue weighted by molar-refractivity contribution is 5.62. The quantitative estimate of drug-likeness (QED) is 0.713. The van der Waals surface area contributed by atoms with Gasteiger partial charge in [0.15, 0.2) is 0 Å². The maximum Gasteiger partial charge on any atom is 0.300 e. The third kappa shape index (κ3) is 13.2. The van der Waals surface area contributed by atoms with Gasteiger partial charge in [-0.1, -0.05) is 33.3 Å². The number of hydrogen-bond acceptors (Lipinski definition) is 2. The largest absolute Gasteiger partial charge is 0.481 e. The molecule has 0 aromatic rings. The first-order chi connectivity index (χ1) is 7.06. The van der Waals surface area contributed by atoms with Crippen molar-refractivity contribution in [3.05, 3.63) is 12.7 Å². The van der Waals surface area contributed by atoms with E-state index < -0.39 is 11.6 Å². The highest BCUT2D eigenvalue weighted by Gasteiger charge is 2.27. The fourth-order valence-corrected chi connectivity index (χ4v) is 1.81. The molecule has 0 rings (SSSR count). The summed E-state index contributed by atoms with van der Waals surface area (Å²) in [6.45, 7) is 13.1. The Morgan fingerprint density at radius 3 is 2.00 bits per heavy atom. The van der Waals surface area contributed by atoms with Gasteiger partial charge < -0.3 is 10.2 Å². The summed E-state index contributed by atoms with van der Waals surface area (Å²) < 4.78 is 0. The average molecular weight is 230 g/mol. The van der Waals surface area contributed by atoms with E-state index in [1.165, 1.54) is 6.42 Å². The summed E-state index contributed by atoms with van der Waals surface area (Å²) in [5, 5.41) is 17.2. The highest BCUT2D eigenvalue weighted by atomic mass is 16.4. The Hall–Kier alpha value is -0.830. The molecule has 0 radical (unpaired) electrons. The van der Waals surface area contributed by atoms with Crippen molar-refractivity contribution in [2.24, 2.45) is 5.41 Å². The Labute approximate surface area is 99.2 Å². The minimum Gasteiger partial charge on any atom is -0.481 e. The topological polar surface area (TPSA) is 57.5 Å². The molecule has 1 unspecified atom stereocenters. The number of hydrogen-bond donors (Lipinski definition) is 2. The molecule has 0 aromatic heterocycles. The van der Waals surface area contributed by atoms with Crippen LogP contribution < -0.4 is 0 Å². The summed E-state index contributed by atoms with van der Waals surface area (Å²) in [6.07, 6.45) is 4.74. The molecule has 0 spiro atoms. The number of aliphatic hydroxyl groups is 1. The van der Waals surface area contributed by atoms with Crippen molar-refractivity contribution < 1.29 is 15.0 Å². The minimum atomic E-state index is -0.833. The summed E-state index contributed by atoms with van der Waals surface area (Å²) in [5.74, 6) is -0.833. The molecule has 16 heavy (non-hydrogen) atoms.